The van der Waals surface area contributed by atoms with Gasteiger partial charge in [0.05, 0.1) is 5.41 Å². The number of hydrogen-bond donors (Lipinski definition) is 2. The van der Waals surface area contributed by atoms with Gasteiger partial charge in [-0.3, -0.25) is 4.79 Å². The zero-order chi connectivity index (χ0) is 12.9. The van der Waals surface area contributed by atoms with Gasteiger partial charge in [-0.25, -0.2) is 0 Å². The van der Waals surface area contributed by atoms with Crippen molar-refractivity contribution in [2.75, 3.05) is 13.1 Å². The van der Waals surface area contributed by atoms with Crippen LogP contribution in [0.4, 0.5) is 0 Å². The van der Waals surface area contributed by atoms with Gasteiger partial charge in [0.2, 0.25) is 5.91 Å². The molecular formula is C16H27ClN2O. The van der Waals surface area contributed by atoms with Crippen LogP contribution in [0.5, 0.6) is 0 Å². The van der Waals surface area contributed by atoms with E-state index in [0.717, 1.165) is 31.3 Å². The van der Waals surface area contributed by atoms with Crippen LogP contribution >= 0.6 is 12.4 Å². The van der Waals surface area contributed by atoms with Crippen LogP contribution in [0.15, 0.2) is 0 Å². The largest absolute Gasteiger partial charge is 0.352 e. The van der Waals surface area contributed by atoms with Gasteiger partial charge in [0.15, 0.2) is 0 Å². The summed E-state index contributed by atoms with van der Waals surface area (Å²) in [7, 11) is 0. The fraction of sp³-hybridized carbons (Fsp3) is 0.938. The highest BCUT2D eigenvalue weighted by Gasteiger charge is 2.52. The third-order valence-corrected chi connectivity index (χ3v) is 6.05. The van der Waals surface area contributed by atoms with E-state index in [1.54, 1.807) is 0 Å². The number of fused-ring (bicyclic) bond motifs is 1. The maximum Gasteiger partial charge on any atom is 0.228 e. The van der Waals surface area contributed by atoms with E-state index in [-0.39, 0.29) is 17.8 Å². The van der Waals surface area contributed by atoms with Gasteiger partial charge in [0.25, 0.3) is 0 Å². The van der Waals surface area contributed by atoms with Gasteiger partial charge >= 0.3 is 0 Å². The third kappa shape index (κ3) is 2.48. The number of rotatable bonds is 4. The number of hydrogen-bond acceptors (Lipinski definition) is 2. The van der Waals surface area contributed by atoms with Crippen molar-refractivity contribution in [2.45, 2.75) is 57.4 Å². The molecule has 114 valence electrons. The Morgan fingerprint density at radius 2 is 1.80 bits per heavy atom. The van der Waals surface area contributed by atoms with E-state index in [1.165, 1.54) is 44.9 Å². The van der Waals surface area contributed by atoms with Crippen LogP contribution in [0, 0.1) is 23.2 Å². The maximum absolute atomic E-state index is 12.9. The van der Waals surface area contributed by atoms with Gasteiger partial charge < -0.3 is 10.6 Å². The van der Waals surface area contributed by atoms with Crippen LogP contribution in [0.25, 0.3) is 0 Å². The van der Waals surface area contributed by atoms with Crippen LogP contribution in [0.1, 0.15) is 51.4 Å². The van der Waals surface area contributed by atoms with Crippen molar-refractivity contribution in [1.29, 1.82) is 0 Å². The average Bonchev–Trinajstić information content (AvgIpc) is 3.33. The summed E-state index contributed by atoms with van der Waals surface area (Å²) >= 11 is 0. The number of nitrogens with one attached hydrogen (secondary N) is 2. The van der Waals surface area contributed by atoms with Crippen LogP contribution < -0.4 is 10.6 Å². The van der Waals surface area contributed by atoms with Crippen LogP contribution in [-0.2, 0) is 4.79 Å². The molecule has 0 aromatic heterocycles. The lowest BCUT2D eigenvalue weighted by molar-refractivity contribution is -0.135. The summed E-state index contributed by atoms with van der Waals surface area (Å²) in [6.07, 6.45) is 10.3. The normalized spacial score (nSPS) is 36.4. The fourth-order valence-electron chi connectivity index (χ4n) is 4.52. The van der Waals surface area contributed by atoms with Crippen molar-refractivity contribution in [2.24, 2.45) is 23.2 Å². The third-order valence-electron chi connectivity index (χ3n) is 6.05. The molecule has 3 aliphatic carbocycles. The fourth-order valence-corrected chi connectivity index (χ4v) is 4.52. The van der Waals surface area contributed by atoms with Gasteiger partial charge in [-0.1, -0.05) is 12.8 Å². The van der Waals surface area contributed by atoms with Gasteiger partial charge in [-0.05, 0) is 62.8 Å². The second-order valence-electron chi connectivity index (χ2n) is 7.40. The zero-order valence-corrected chi connectivity index (χ0v) is 13.0. The van der Waals surface area contributed by atoms with E-state index in [0.29, 0.717) is 17.9 Å². The van der Waals surface area contributed by atoms with Crippen LogP contribution in [0.2, 0.25) is 0 Å². The van der Waals surface area contributed by atoms with E-state index in [4.69, 9.17) is 0 Å². The first-order valence-electron chi connectivity index (χ1n) is 8.31. The molecule has 4 heteroatoms. The Labute approximate surface area is 128 Å². The molecule has 0 bridgehead atoms. The first-order chi connectivity index (χ1) is 9.29. The van der Waals surface area contributed by atoms with Gasteiger partial charge in [0, 0.05) is 12.6 Å². The molecule has 20 heavy (non-hydrogen) atoms. The smallest absolute Gasteiger partial charge is 0.228 e. The molecule has 0 aromatic rings. The molecule has 2 N–H and O–H groups in total. The molecular weight excluding hydrogens is 272 g/mol. The Morgan fingerprint density at radius 1 is 1.10 bits per heavy atom. The maximum atomic E-state index is 12.9. The molecule has 4 aliphatic rings. The highest BCUT2D eigenvalue weighted by atomic mass is 35.5. The van der Waals surface area contributed by atoms with Crippen molar-refractivity contribution in [3.05, 3.63) is 0 Å². The Balaban J connectivity index is 0.00000121. The van der Waals surface area contributed by atoms with Crippen molar-refractivity contribution >= 4 is 18.3 Å². The minimum Gasteiger partial charge on any atom is -0.352 e. The van der Waals surface area contributed by atoms with E-state index < -0.39 is 0 Å². The predicted molar refractivity (Wildman–Crippen MR) is 81.9 cm³/mol. The number of halogens is 1. The first kappa shape index (κ1) is 14.6. The number of amides is 1. The summed E-state index contributed by atoms with van der Waals surface area (Å²) < 4.78 is 0. The Kier molecular flexibility index (Phi) is 4.02. The molecule has 0 radical (unpaired) electrons. The SMILES string of the molecule is Cl.O=C(NC(C1CC1)C1CC1)[C@@]12CCCC[C@H]1CNC2. The lowest BCUT2D eigenvalue weighted by Gasteiger charge is -2.38. The van der Waals surface area contributed by atoms with Crippen molar-refractivity contribution in [1.82, 2.24) is 10.6 Å². The Morgan fingerprint density at radius 3 is 2.45 bits per heavy atom. The van der Waals surface area contributed by atoms with Gasteiger partial charge in [-0.15, -0.1) is 12.4 Å². The van der Waals surface area contributed by atoms with Crippen LogP contribution in [0.3, 0.4) is 0 Å². The molecule has 1 aliphatic heterocycles. The average molecular weight is 299 g/mol. The molecule has 4 fully saturated rings. The molecule has 0 unspecified atom stereocenters. The van der Waals surface area contributed by atoms with Crippen molar-refractivity contribution in [3.8, 4) is 0 Å². The van der Waals surface area contributed by atoms with Gasteiger partial charge in [0.1, 0.15) is 0 Å². The Bertz CT molecular complexity index is 369. The molecule has 2 atom stereocenters. The zero-order valence-electron chi connectivity index (χ0n) is 12.2. The molecule has 4 rings (SSSR count). The molecule has 1 heterocycles. The van der Waals surface area contributed by atoms with E-state index in [1.807, 2.05) is 0 Å². The molecule has 3 nitrogen and oxygen atoms in total. The highest BCUT2D eigenvalue weighted by molar-refractivity contribution is 5.85. The summed E-state index contributed by atoms with van der Waals surface area (Å²) in [6.45, 7) is 1.98. The second-order valence-corrected chi connectivity index (χ2v) is 7.40. The van der Waals surface area contributed by atoms with E-state index in [9.17, 15) is 4.79 Å². The quantitative estimate of drug-likeness (QED) is 0.837. The minimum atomic E-state index is -0.0553. The first-order valence-corrected chi connectivity index (χ1v) is 8.31. The molecule has 3 saturated carbocycles. The molecule has 0 spiro atoms. The standard InChI is InChI=1S/C16H26N2O.ClH/c19-15(18-14(11-4-5-11)12-6-7-12)16-8-2-1-3-13(16)9-17-10-16;/h11-14,17H,1-10H2,(H,18,19);1H/t13-,16+;/m0./s1. The van der Waals surface area contributed by atoms with Crippen molar-refractivity contribution < 1.29 is 4.79 Å². The van der Waals surface area contributed by atoms with E-state index in [2.05, 4.69) is 10.6 Å². The summed E-state index contributed by atoms with van der Waals surface area (Å²) in [4.78, 5) is 12.9. The Hall–Kier alpha value is -0.280. The monoisotopic (exact) mass is 298 g/mol. The summed E-state index contributed by atoms with van der Waals surface area (Å²) in [5, 5.41) is 6.98. The summed E-state index contributed by atoms with van der Waals surface area (Å²) in [5.74, 6) is 2.61. The number of carbonyl (C=O) groups excluding carboxylic acids is 1. The summed E-state index contributed by atoms with van der Waals surface area (Å²) in [5.41, 5.74) is -0.0553. The second kappa shape index (κ2) is 5.49. The molecule has 0 aromatic carbocycles. The summed E-state index contributed by atoms with van der Waals surface area (Å²) in [6, 6.07) is 0.519. The lowest BCUT2D eigenvalue weighted by atomic mass is 9.67. The predicted octanol–water partition coefficient (Wildman–Crippen LogP) is 2.49. The van der Waals surface area contributed by atoms with Crippen molar-refractivity contribution in [3.63, 3.8) is 0 Å². The van der Waals surface area contributed by atoms with Crippen LogP contribution in [-0.4, -0.2) is 25.0 Å². The van der Waals surface area contributed by atoms with Gasteiger partial charge in [-0.2, -0.15) is 0 Å². The minimum absolute atomic E-state index is 0. The number of carbonyl (C=O) groups is 1. The highest BCUT2D eigenvalue weighted by Crippen LogP contribution is 2.47. The molecule has 1 amide bonds. The molecule has 1 saturated heterocycles. The lowest BCUT2D eigenvalue weighted by Crippen LogP contribution is -2.51. The topological polar surface area (TPSA) is 41.1 Å². The van der Waals surface area contributed by atoms with E-state index >= 15 is 0 Å².